The molecule has 0 atom stereocenters. The summed E-state index contributed by atoms with van der Waals surface area (Å²) in [5, 5.41) is 2.77. The first kappa shape index (κ1) is 13.7. The van der Waals surface area contributed by atoms with Gasteiger partial charge < -0.3 is 9.64 Å². The minimum Gasteiger partial charge on any atom is -0.468 e. The van der Waals surface area contributed by atoms with Crippen molar-refractivity contribution < 1.29 is 14.3 Å². The summed E-state index contributed by atoms with van der Waals surface area (Å²) in [6.45, 7) is 5.07. The molecule has 1 rings (SSSR count). The van der Waals surface area contributed by atoms with Gasteiger partial charge in [0.1, 0.15) is 10.4 Å². The van der Waals surface area contributed by atoms with Crippen molar-refractivity contribution in [3.8, 4) is 0 Å². The Morgan fingerprint density at radius 3 is 2.41 bits per heavy atom. The summed E-state index contributed by atoms with van der Waals surface area (Å²) in [7, 11) is 2.96. The Morgan fingerprint density at radius 1 is 1.41 bits per heavy atom. The van der Waals surface area contributed by atoms with Crippen LogP contribution in [0.3, 0.4) is 0 Å². The predicted molar refractivity (Wildman–Crippen MR) is 68.3 cm³/mol. The smallest absolute Gasteiger partial charge is 0.320 e. The summed E-state index contributed by atoms with van der Waals surface area (Å²) in [5.74, 6) is -0.793. The third-order valence-electron chi connectivity index (χ3n) is 2.67. The number of carbonyl (C=O) groups excluding carboxylic acids is 2. The summed E-state index contributed by atoms with van der Waals surface area (Å²) < 4.78 is 4.65. The Kier molecular flexibility index (Phi) is 3.93. The number of methoxy groups -OCH3 is 1. The van der Waals surface area contributed by atoms with E-state index in [1.165, 1.54) is 23.3 Å². The van der Waals surface area contributed by atoms with E-state index < -0.39 is 11.4 Å². The molecule has 1 amide bonds. The molecule has 5 heteroatoms. The van der Waals surface area contributed by atoms with Gasteiger partial charge in [-0.25, -0.2) is 0 Å². The molecule has 94 valence electrons. The van der Waals surface area contributed by atoms with Crippen LogP contribution < -0.4 is 4.90 Å². The molecule has 0 aliphatic rings. The van der Waals surface area contributed by atoms with Crippen molar-refractivity contribution in [3.63, 3.8) is 0 Å². The number of nitrogens with zero attached hydrogens (tertiary/aromatic N) is 1. The van der Waals surface area contributed by atoms with Gasteiger partial charge in [-0.1, -0.05) is 0 Å². The lowest BCUT2D eigenvalue weighted by Crippen LogP contribution is -2.44. The molecule has 0 unspecified atom stereocenters. The number of amides is 1. The largest absolute Gasteiger partial charge is 0.468 e. The summed E-state index contributed by atoms with van der Waals surface area (Å²) >= 11 is 1.47. The third-order valence-corrected chi connectivity index (χ3v) is 3.77. The Bertz CT molecular complexity index is 437. The Hall–Kier alpha value is -1.36. The zero-order valence-electron chi connectivity index (χ0n) is 10.7. The van der Waals surface area contributed by atoms with Gasteiger partial charge in [0, 0.05) is 7.05 Å². The fourth-order valence-corrected chi connectivity index (χ4v) is 2.46. The van der Waals surface area contributed by atoms with Crippen molar-refractivity contribution in [3.05, 3.63) is 17.0 Å². The topological polar surface area (TPSA) is 46.6 Å². The van der Waals surface area contributed by atoms with E-state index in [2.05, 4.69) is 4.74 Å². The summed E-state index contributed by atoms with van der Waals surface area (Å²) in [5.41, 5.74) is -0.147. The minimum atomic E-state index is -1.17. The van der Waals surface area contributed by atoms with Crippen LogP contribution in [0.1, 0.15) is 19.4 Å². The van der Waals surface area contributed by atoms with Crippen LogP contribution in [0.4, 0.5) is 5.00 Å². The average molecular weight is 255 g/mol. The molecular weight excluding hydrogens is 238 g/mol. The predicted octanol–water partition coefficient (Wildman–Crippen LogP) is 2.22. The van der Waals surface area contributed by atoms with E-state index in [9.17, 15) is 9.59 Å². The van der Waals surface area contributed by atoms with Crippen molar-refractivity contribution in [2.24, 2.45) is 5.41 Å². The van der Waals surface area contributed by atoms with Gasteiger partial charge in [0.25, 0.3) is 0 Å². The zero-order chi connectivity index (χ0) is 13.2. The maximum atomic E-state index is 12.2. The maximum absolute atomic E-state index is 12.2. The number of hydrogen-bond donors (Lipinski definition) is 0. The van der Waals surface area contributed by atoms with Crippen molar-refractivity contribution >= 4 is 28.2 Å². The lowest BCUT2D eigenvalue weighted by Gasteiger charge is -2.26. The van der Waals surface area contributed by atoms with Crippen LogP contribution in [-0.2, 0) is 14.3 Å². The molecule has 0 N–H and O–H groups in total. The van der Waals surface area contributed by atoms with Crippen molar-refractivity contribution in [2.45, 2.75) is 20.8 Å². The number of rotatable bonds is 3. The number of anilines is 1. The molecule has 0 aliphatic heterocycles. The van der Waals surface area contributed by atoms with Crippen LogP contribution in [0, 0.1) is 12.3 Å². The molecule has 0 aromatic carbocycles. The fraction of sp³-hybridized carbons (Fsp3) is 0.500. The number of ether oxygens (including phenoxy) is 1. The van der Waals surface area contributed by atoms with Crippen molar-refractivity contribution in [1.82, 2.24) is 0 Å². The molecule has 0 aliphatic carbocycles. The number of hydrogen-bond acceptors (Lipinski definition) is 4. The summed E-state index contributed by atoms with van der Waals surface area (Å²) in [6, 6.07) is 1.94. The molecule has 0 saturated carbocycles. The van der Waals surface area contributed by atoms with Gasteiger partial charge in [-0.2, -0.15) is 0 Å². The molecule has 0 radical (unpaired) electrons. The second-order valence-electron chi connectivity index (χ2n) is 4.39. The van der Waals surface area contributed by atoms with Crippen LogP contribution in [0.5, 0.6) is 0 Å². The van der Waals surface area contributed by atoms with Crippen LogP contribution in [0.2, 0.25) is 0 Å². The third kappa shape index (κ3) is 2.49. The molecule has 0 fully saturated rings. The molecule has 0 saturated heterocycles. The maximum Gasteiger partial charge on any atom is 0.320 e. The standard InChI is InChI=1S/C12H17NO3S/c1-8-6-7-17-9(8)13(4)10(14)12(2,3)11(15)16-5/h6-7H,1-5H3. The molecule has 1 aromatic rings. The zero-order valence-corrected chi connectivity index (χ0v) is 11.6. The van der Waals surface area contributed by atoms with E-state index in [-0.39, 0.29) is 5.91 Å². The minimum absolute atomic E-state index is 0.269. The first-order chi connectivity index (χ1) is 7.82. The molecule has 1 heterocycles. The van der Waals surface area contributed by atoms with Gasteiger partial charge in [0.15, 0.2) is 0 Å². The van der Waals surface area contributed by atoms with Gasteiger partial charge in [-0.15, -0.1) is 11.3 Å². The van der Waals surface area contributed by atoms with Gasteiger partial charge in [-0.05, 0) is 37.8 Å². The first-order valence-electron chi connectivity index (χ1n) is 5.23. The lowest BCUT2D eigenvalue weighted by atomic mass is 9.92. The van der Waals surface area contributed by atoms with E-state index in [0.29, 0.717) is 0 Å². The van der Waals surface area contributed by atoms with E-state index in [4.69, 9.17) is 0 Å². The van der Waals surface area contributed by atoms with Crippen LogP contribution in [0.25, 0.3) is 0 Å². The quantitative estimate of drug-likeness (QED) is 0.614. The highest BCUT2D eigenvalue weighted by molar-refractivity contribution is 7.14. The monoisotopic (exact) mass is 255 g/mol. The average Bonchev–Trinajstić information content (AvgIpc) is 2.72. The van der Waals surface area contributed by atoms with Gasteiger partial charge in [0.05, 0.1) is 7.11 Å². The van der Waals surface area contributed by atoms with E-state index in [1.54, 1.807) is 20.9 Å². The van der Waals surface area contributed by atoms with E-state index >= 15 is 0 Å². The van der Waals surface area contributed by atoms with E-state index in [1.807, 2.05) is 18.4 Å². The lowest BCUT2D eigenvalue weighted by molar-refractivity contribution is -0.155. The van der Waals surface area contributed by atoms with Crippen LogP contribution >= 0.6 is 11.3 Å². The van der Waals surface area contributed by atoms with Gasteiger partial charge >= 0.3 is 5.97 Å². The Balaban J connectivity index is 2.98. The second kappa shape index (κ2) is 4.87. The van der Waals surface area contributed by atoms with Crippen molar-refractivity contribution in [2.75, 3.05) is 19.1 Å². The number of esters is 1. The molecule has 4 nitrogen and oxygen atoms in total. The van der Waals surface area contributed by atoms with E-state index in [0.717, 1.165) is 10.6 Å². The second-order valence-corrected chi connectivity index (χ2v) is 5.28. The molecule has 17 heavy (non-hydrogen) atoms. The molecule has 1 aromatic heterocycles. The van der Waals surface area contributed by atoms with Crippen LogP contribution in [-0.4, -0.2) is 26.0 Å². The number of thiophene rings is 1. The van der Waals surface area contributed by atoms with Crippen molar-refractivity contribution in [1.29, 1.82) is 0 Å². The SMILES string of the molecule is COC(=O)C(C)(C)C(=O)N(C)c1sccc1C. The highest BCUT2D eigenvalue weighted by Gasteiger charge is 2.40. The summed E-state index contributed by atoms with van der Waals surface area (Å²) in [4.78, 5) is 25.3. The Labute approximate surface area is 105 Å². The van der Waals surface area contributed by atoms with Gasteiger partial charge in [0.2, 0.25) is 5.91 Å². The van der Waals surface area contributed by atoms with Crippen LogP contribution in [0.15, 0.2) is 11.4 Å². The highest BCUT2D eigenvalue weighted by Crippen LogP contribution is 2.30. The normalized spacial score (nSPS) is 11.1. The molecular formula is C12H17NO3S. The molecule has 0 spiro atoms. The number of aryl methyl sites for hydroxylation is 1. The Morgan fingerprint density at radius 2 is 2.00 bits per heavy atom. The summed E-state index contributed by atoms with van der Waals surface area (Å²) in [6.07, 6.45) is 0. The fourth-order valence-electron chi connectivity index (χ4n) is 1.56. The molecule has 0 bridgehead atoms. The van der Waals surface area contributed by atoms with Gasteiger partial charge in [-0.3, -0.25) is 9.59 Å². The number of carbonyl (C=O) groups is 2. The highest BCUT2D eigenvalue weighted by atomic mass is 32.1. The first-order valence-corrected chi connectivity index (χ1v) is 6.11.